The van der Waals surface area contributed by atoms with Crippen LogP contribution in [0, 0.1) is 0 Å². The molecule has 0 N–H and O–H groups in total. The molecule has 0 saturated carbocycles. The van der Waals surface area contributed by atoms with Crippen molar-refractivity contribution in [1.82, 2.24) is 0 Å². The SMILES string of the molecule is COc1cc(OC)c(C(=O)c2ccccc2[P+](=O)C(=O)c2c(OC)cccc2OC)c(OC)c1. The van der Waals surface area contributed by atoms with Gasteiger partial charge in [0.1, 0.15) is 34.3 Å². The molecule has 1 unspecified atom stereocenters. The minimum absolute atomic E-state index is 0.0375. The Labute approximate surface area is 198 Å². The van der Waals surface area contributed by atoms with Crippen LogP contribution in [0.3, 0.4) is 0 Å². The van der Waals surface area contributed by atoms with Crippen molar-refractivity contribution in [3.63, 3.8) is 0 Å². The lowest BCUT2D eigenvalue weighted by Crippen LogP contribution is -2.17. The van der Waals surface area contributed by atoms with Crippen molar-refractivity contribution in [2.24, 2.45) is 0 Å². The molecule has 0 amide bonds. The van der Waals surface area contributed by atoms with Crippen LogP contribution in [0.15, 0.2) is 54.6 Å². The summed E-state index contributed by atoms with van der Waals surface area (Å²) in [6.45, 7) is 0. The van der Waals surface area contributed by atoms with Crippen molar-refractivity contribution >= 4 is 24.4 Å². The first-order valence-corrected chi connectivity index (χ1v) is 11.3. The minimum atomic E-state index is -2.71. The van der Waals surface area contributed by atoms with Gasteiger partial charge in [0.25, 0.3) is 0 Å². The summed E-state index contributed by atoms with van der Waals surface area (Å²) in [7, 11) is 4.39. The smallest absolute Gasteiger partial charge is 0.459 e. The molecule has 8 nitrogen and oxygen atoms in total. The number of rotatable bonds is 10. The van der Waals surface area contributed by atoms with E-state index >= 15 is 0 Å². The summed E-state index contributed by atoms with van der Waals surface area (Å²) in [5, 5.41) is 0.0698. The lowest BCUT2D eigenvalue weighted by molar-refractivity contribution is 0.103. The van der Waals surface area contributed by atoms with Gasteiger partial charge >= 0.3 is 13.3 Å². The second kappa shape index (κ2) is 10.8. The van der Waals surface area contributed by atoms with Gasteiger partial charge in [0, 0.05) is 12.1 Å². The van der Waals surface area contributed by atoms with Crippen molar-refractivity contribution in [1.29, 1.82) is 0 Å². The topological polar surface area (TPSA) is 97.4 Å². The van der Waals surface area contributed by atoms with Crippen molar-refractivity contribution in [2.75, 3.05) is 35.5 Å². The van der Waals surface area contributed by atoms with Crippen molar-refractivity contribution in [3.05, 3.63) is 71.3 Å². The molecule has 0 bridgehead atoms. The van der Waals surface area contributed by atoms with Gasteiger partial charge in [-0.15, -0.1) is 0 Å². The molecule has 0 aliphatic carbocycles. The number of ether oxygens (including phenoxy) is 5. The minimum Gasteiger partial charge on any atom is -0.496 e. The van der Waals surface area contributed by atoms with Crippen LogP contribution in [0.2, 0.25) is 0 Å². The van der Waals surface area contributed by atoms with Crippen LogP contribution in [0.25, 0.3) is 0 Å². The van der Waals surface area contributed by atoms with Gasteiger partial charge in [0.05, 0.1) is 41.1 Å². The van der Waals surface area contributed by atoms with Gasteiger partial charge in [-0.2, -0.15) is 0 Å². The molecule has 0 fully saturated rings. The Morgan fingerprint density at radius 3 is 1.68 bits per heavy atom. The molecule has 3 aromatic carbocycles. The van der Waals surface area contributed by atoms with Crippen LogP contribution in [0.1, 0.15) is 26.3 Å². The summed E-state index contributed by atoms with van der Waals surface area (Å²) >= 11 is 0. The molecule has 176 valence electrons. The fraction of sp³-hybridized carbons (Fsp3) is 0.200. The van der Waals surface area contributed by atoms with Crippen LogP contribution < -0.4 is 29.0 Å². The molecule has 3 rings (SSSR count). The monoisotopic (exact) mass is 483 g/mol. The molecule has 34 heavy (non-hydrogen) atoms. The second-order valence-electron chi connectivity index (χ2n) is 6.89. The second-order valence-corrected chi connectivity index (χ2v) is 8.37. The molecule has 9 heteroatoms. The van der Waals surface area contributed by atoms with Crippen LogP contribution in [-0.4, -0.2) is 46.9 Å². The van der Waals surface area contributed by atoms with Crippen molar-refractivity contribution < 1.29 is 37.8 Å². The molecular formula is C25H24O8P+. The molecule has 0 aromatic heterocycles. The highest BCUT2D eigenvalue weighted by molar-refractivity contribution is 7.71. The molecule has 3 aromatic rings. The zero-order valence-electron chi connectivity index (χ0n) is 19.4. The molecule has 0 saturated heterocycles. The van der Waals surface area contributed by atoms with E-state index in [1.165, 1.54) is 47.7 Å². The van der Waals surface area contributed by atoms with Gasteiger partial charge in [0.15, 0.2) is 5.56 Å². The third-order valence-electron chi connectivity index (χ3n) is 5.14. The Kier molecular flexibility index (Phi) is 7.87. The number of methoxy groups -OCH3 is 5. The van der Waals surface area contributed by atoms with Crippen molar-refractivity contribution in [2.45, 2.75) is 0 Å². The molecule has 0 spiro atoms. The van der Waals surface area contributed by atoms with E-state index in [2.05, 4.69) is 0 Å². The van der Waals surface area contributed by atoms with E-state index in [0.29, 0.717) is 5.75 Å². The highest BCUT2D eigenvalue weighted by Gasteiger charge is 2.41. The number of carbonyl (C=O) groups is 2. The maximum absolute atomic E-state index is 13.6. The van der Waals surface area contributed by atoms with E-state index in [1.54, 1.807) is 42.5 Å². The summed E-state index contributed by atoms with van der Waals surface area (Å²) < 4.78 is 40.1. The van der Waals surface area contributed by atoms with Crippen LogP contribution in [-0.2, 0) is 4.57 Å². The molecule has 0 heterocycles. The van der Waals surface area contributed by atoms with Gasteiger partial charge in [-0.25, -0.2) is 4.79 Å². The zero-order chi connectivity index (χ0) is 24.8. The first-order chi connectivity index (χ1) is 16.4. The number of ketones is 1. The normalized spacial score (nSPS) is 10.8. The predicted octanol–water partition coefficient (Wildman–Crippen LogP) is 4.25. The quantitative estimate of drug-likeness (QED) is 0.312. The number of benzene rings is 3. The van der Waals surface area contributed by atoms with Crippen molar-refractivity contribution in [3.8, 4) is 28.7 Å². The third kappa shape index (κ3) is 4.58. The Balaban J connectivity index is 2.14. The highest BCUT2D eigenvalue weighted by atomic mass is 31.1. The summed E-state index contributed by atoms with van der Waals surface area (Å²) in [4.78, 5) is 27.0. The maximum atomic E-state index is 13.6. The summed E-state index contributed by atoms with van der Waals surface area (Å²) in [5.74, 6) is 0.774. The Morgan fingerprint density at radius 2 is 1.18 bits per heavy atom. The molecule has 0 aliphatic rings. The third-order valence-corrected chi connectivity index (χ3v) is 6.56. The molecule has 0 radical (unpaired) electrons. The predicted molar refractivity (Wildman–Crippen MR) is 127 cm³/mol. The van der Waals surface area contributed by atoms with E-state index < -0.39 is 19.1 Å². The maximum Gasteiger partial charge on any atom is 0.459 e. The summed E-state index contributed by atoms with van der Waals surface area (Å²) in [6, 6.07) is 14.1. The van der Waals surface area contributed by atoms with Crippen LogP contribution in [0.5, 0.6) is 28.7 Å². The molecule has 1 atom stereocenters. The largest absolute Gasteiger partial charge is 0.496 e. The van der Waals surface area contributed by atoms with Gasteiger partial charge < -0.3 is 23.7 Å². The van der Waals surface area contributed by atoms with Crippen LogP contribution >= 0.6 is 7.80 Å². The lowest BCUT2D eigenvalue weighted by Gasteiger charge is -2.14. The van der Waals surface area contributed by atoms with E-state index in [1.807, 2.05) is 0 Å². The fourth-order valence-electron chi connectivity index (χ4n) is 3.48. The van der Waals surface area contributed by atoms with Gasteiger partial charge in [-0.3, -0.25) is 4.79 Å². The van der Waals surface area contributed by atoms with Crippen LogP contribution in [0.4, 0.5) is 0 Å². The lowest BCUT2D eigenvalue weighted by atomic mass is 10.0. The number of hydrogen-bond donors (Lipinski definition) is 0. The standard InChI is InChI=1S/C25H24O8P/c1-29-15-13-19(32-4)22(20(14-15)33-5)24(26)16-9-6-7-12-21(16)34(28)25(27)23-17(30-2)10-8-11-18(23)31-3/h6-14H,1-5H3/q+1. The first-order valence-electron chi connectivity index (χ1n) is 10.1. The van der Waals surface area contributed by atoms with E-state index in [0.717, 1.165) is 0 Å². The average Bonchev–Trinajstić information content (AvgIpc) is 2.90. The Bertz CT molecular complexity index is 1200. The van der Waals surface area contributed by atoms with E-state index in [4.69, 9.17) is 23.7 Å². The van der Waals surface area contributed by atoms with Gasteiger partial charge in [-0.1, -0.05) is 22.8 Å². The fourth-order valence-corrected chi connectivity index (χ4v) is 4.74. The van der Waals surface area contributed by atoms with Gasteiger partial charge in [-0.05, 0) is 24.3 Å². The first kappa shape index (κ1) is 24.7. The zero-order valence-corrected chi connectivity index (χ0v) is 20.3. The molecular weight excluding hydrogens is 459 g/mol. The number of carbonyl (C=O) groups excluding carboxylic acids is 2. The van der Waals surface area contributed by atoms with E-state index in [-0.39, 0.29) is 45.0 Å². The van der Waals surface area contributed by atoms with Gasteiger partial charge in [0.2, 0.25) is 11.1 Å². The Hall–Kier alpha value is -3.90. The number of hydrogen-bond acceptors (Lipinski definition) is 8. The van der Waals surface area contributed by atoms with E-state index in [9.17, 15) is 14.2 Å². The summed E-state index contributed by atoms with van der Waals surface area (Å²) in [6.07, 6.45) is 0. The summed E-state index contributed by atoms with van der Waals surface area (Å²) in [5.41, 5.74) is -0.495. The highest BCUT2D eigenvalue weighted by Crippen LogP contribution is 2.39. The average molecular weight is 483 g/mol. The molecule has 0 aliphatic heterocycles. The Morgan fingerprint density at radius 1 is 0.647 bits per heavy atom.